The van der Waals surface area contributed by atoms with Crippen molar-refractivity contribution in [1.29, 1.82) is 0 Å². The van der Waals surface area contributed by atoms with E-state index in [1.165, 1.54) is 24.6 Å². The van der Waals surface area contributed by atoms with Crippen molar-refractivity contribution in [3.05, 3.63) is 36.3 Å². The summed E-state index contributed by atoms with van der Waals surface area (Å²) in [6.45, 7) is 1.94. The molecule has 0 saturated carbocycles. The Bertz CT molecular complexity index is 992. The number of sulfonamides is 1. The maximum absolute atomic E-state index is 12.5. The van der Waals surface area contributed by atoms with Crippen molar-refractivity contribution < 1.29 is 8.42 Å². The van der Waals surface area contributed by atoms with Crippen molar-refractivity contribution in [1.82, 2.24) is 23.8 Å². The third-order valence-corrected chi connectivity index (χ3v) is 5.47. The van der Waals surface area contributed by atoms with Crippen LogP contribution in [0.5, 0.6) is 0 Å². The van der Waals surface area contributed by atoms with Gasteiger partial charge in [-0.1, -0.05) is 0 Å². The highest BCUT2D eigenvalue weighted by Crippen LogP contribution is 2.29. The van der Waals surface area contributed by atoms with Gasteiger partial charge in [0.2, 0.25) is 10.0 Å². The van der Waals surface area contributed by atoms with E-state index < -0.39 is 10.0 Å². The van der Waals surface area contributed by atoms with Gasteiger partial charge in [0, 0.05) is 45.3 Å². The molecule has 3 rings (SSSR count). The fourth-order valence-corrected chi connectivity index (χ4v) is 3.41. The van der Waals surface area contributed by atoms with Crippen LogP contribution in [0.4, 0.5) is 0 Å². The molecule has 0 radical (unpaired) electrons. The third-order valence-electron chi connectivity index (χ3n) is 3.63. The van der Waals surface area contributed by atoms with Crippen molar-refractivity contribution in [3.63, 3.8) is 0 Å². The molecule has 0 aliphatic carbocycles. The first-order chi connectivity index (χ1) is 10.8. The lowest BCUT2D eigenvalue weighted by Crippen LogP contribution is -2.23. The molecule has 23 heavy (non-hydrogen) atoms. The van der Waals surface area contributed by atoms with Crippen LogP contribution in [0.1, 0.15) is 5.56 Å². The quantitative estimate of drug-likeness (QED) is 0.728. The summed E-state index contributed by atoms with van der Waals surface area (Å²) in [7, 11) is 1.18. The molecule has 0 spiro atoms. The van der Waals surface area contributed by atoms with Crippen LogP contribution < -0.4 is 0 Å². The highest BCUT2D eigenvalue weighted by atomic mass is 32.2. The predicted molar refractivity (Wildman–Crippen MR) is 87.3 cm³/mol. The number of fused-ring (bicyclic) bond motifs is 1. The molecule has 120 valence electrons. The van der Waals surface area contributed by atoms with Crippen molar-refractivity contribution in [2.75, 3.05) is 14.1 Å². The molecule has 0 unspecified atom stereocenters. The van der Waals surface area contributed by atoms with E-state index in [0.717, 1.165) is 11.1 Å². The standard InChI is InChI=1S/C15H17N5O2S/c1-10-7-12-15(17-8-10)20(4)14(18-12)11-5-6-16-9-13(11)23(21,22)19(2)3/h5-9H,1-4H3. The Balaban J connectivity index is 2.31. The van der Waals surface area contributed by atoms with E-state index in [4.69, 9.17) is 0 Å². The topological polar surface area (TPSA) is 81.0 Å². The van der Waals surface area contributed by atoms with Crippen LogP contribution in [0.25, 0.3) is 22.6 Å². The SMILES string of the molecule is Cc1cnc2c(c1)nc(-c1ccncc1S(=O)(=O)N(C)C)n2C. The van der Waals surface area contributed by atoms with Crippen LogP contribution in [-0.2, 0) is 17.1 Å². The van der Waals surface area contributed by atoms with Crippen LogP contribution in [0, 0.1) is 6.92 Å². The van der Waals surface area contributed by atoms with Crippen LogP contribution >= 0.6 is 0 Å². The molecule has 0 aromatic carbocycles. The molecule has 0 bridgehead atoms. The van der Waals surface area contributed by atoms with Crippen molar-refractivity contribution in [2.45, 2.75) is 11.8 Å². The number of aryl methyl sites for hydroxylation is 2. The Kier molecular flexibility index (Phi) is 3.65. The first kappa shape index (κ1) is 15.6. The Morgan fingerprint density at radius 3 is 2.65 bits per heavy atom. The maximum Gasteiger partial charge on any atom is 0.244 e. The number of hydrogen-bond acceptors (Lipinski definition) is 5. The molecule has 3 heterocycles. The van der Waals surface area contributed by atoms with Crippen LogP contribution in [0.15, 0.2) is 35.6 Å². The Morgan fingerprint density at radius 2 is 1.96 bits per heavy atom. The zero-order chi connectivity index (χ0) is 16.8. The minimum absolute atomic E-state index is 0.125. The molecule has 0 atom stereocenters. The van der Waals surface area contributed by atoms with Gasteiger partial charge in [-0.2, -0.15) is 0 Å². The van der Waals surface area contributed by atoms with Crippen LogP contribution in [0.3, 0.4) is 0 Å². The van der Waals surface area contributed by atoms with Gasteiger partial charge >= 0.3 is 0 Å². The highest BCUT2D eigenvalue weighted by molar-refractivity contribution is 7.89. The number of rotatable bonds is 3. The monoisotopic (exact) mass is 331 g/mol. The molecule has 0 saturated heterocycles. The average molecular weight is 331 g/mol. The molecule has 0 amide bonds. The maximum atomic E-state index is 12.5. The molecule has 3 aromatic heterocycles. The fourth-order valence-electron chi connectivity index (χ4n) is 2.38. The summed E-state index contributed by atoms with van der Waals surface area (Å²) in [6, 6.07) is 3.58. The van der Waals surface area contributed by atoms with E-state index in [9.17, 15) is 8.42 Å². The van der Waals surface area contributed by atoms with Gasteiger partial charge in [-0.15, -0.1) is 0 Å². The van der Waals surface area contributed by atoms with Gasteiger partial charge in [0.15, 0.2) is 5.65 Å². The summed E-state index contributed by atoms with van der Waals surface area (Å²) in [5.74, 6) is 0.543. The second kappa shape index (κ2) is 5.39. The Morgan fingerprint density at radius 1 is 1.22 bits per heavy atom. The molecule has 8 heteroatoms. The molecule has 7 nitrogen and oxygen atoms in total. The number of aromatic nitrogens is 4. The zero-order valence-electron chi connectivity index (χ0n) is 13.3. The molecule has 3 aromatic rings. The van der Waals surface area contributed by atoms with E-state index >= 15 is 0 Å². The lowest BCUT2D eigenvalue weighted by Gasteiger charge is -2.14. The minimum atomic E-state index is -3.62. The van der Waals surface area contributed by atoms with Gasteiger partial charge in [-0.05, 0) is 24.6 Å². The molecular weight excluding hydrogens is 314 g/mol. The lowest BCUT2D eigenvalue weighted by atomic mass is 10.2. The zero-order valence-corrected chi connectivity index (χ0v) is 14.2. The van der Waals surface area contributed by atoms with Gasteiger partial charge in [0.25, 0.3) is 0 Å². The molecular formula is C15H17N5O2S. The number of nitrogens with zero attached hydrogens (tertiary/aromatic N) is 5. The first-order valence-corrected chi connectivity index (χ1v) is 8.42. The van der Waals surface area contributed by atoms with E-state index in [0.29, 0.717) is 17.0 Å². The van der Waals surface area contributed by atoms with Crippen molar-refractivity contribution >= 4 is 21.2 Å². The summed E-state index contributed by atoms with van der Waals surface area (Å²) in [4.78, 5) is 13.0. The normalized spacial score (nSPS) is 12.2. The Hall–Kier alpha value is -2.32. The second-order valence-corrected chi connectivity index (χ2v) is 7.63. The number of imidazole rings is 1. The van der Waals surface area contributed by atoms with Crippen LogP contribution in [-0.4, -0.2) is 46.3 Å². The van der Waals surface area contributed by atoms with E-state index in [2.05, 4.69) is 15.0 Å². The summed E-state index contributed by atoms with van der Waals surface area (Å²) in [6.07, 6.45) is 4.67. The van der Waals surface area contributed by atoms with E-state index in [1.54, 1.807) is 23.0 Å². The van der Waals surface area contributed by atoms with Gasteiger partial charge in [0.05, 0.1) is 0 Å². The summed E-state index contributed by atoms with van der Waals surface area (Å²) < 4.78 is 28.0. The fraction of sp³-hybridized carbons (Fsp3) is 0.267. The largest absolute Gasteiger partial charge is 0.312 e. The third kappa shape index (κ3) is 2.49. The number of pyridine rings is 2. The second-order valence-electron chi connectivity index (χ2n) is 5.51. The summed E-state index contributed by atoms with van der Waals surface area (Å²) in [5.41, 5.74) is 2.94. The average Bonchev–Trinajstić information content (AvgIpc) is 2.83. The molecule has 0 fully saturated rings. The number of hydrogen-bond donors (Lipinski definition) is 0. The minimum Gasteiger partial charge on any atom is -0.312 e. The summed E-state index contributed by atoms with van der Waals surface area (Å²) in [5, 5.41) is 0. The predicted octanol–water partition coefficient (Wildman–Crippen LogP) is 1.59. The molecule has 0 aliphatic heterocycles. The summed E-state index contributed by atoms with van der Waals surface area (Å²) >= 11 is 0. The van der Waals surface area contributed by atoms with E-state index in [-0.39, 0.29) is 4.90 Å². The van der Waals surface area contributed by atoms with Crippen LogP contribution in [0.2, 0.25) is 0 Å². The van der Waals surface area contributed by atoms with Crippen molar-refractivity contribution in [3.8, 4) is 11.4 Å². The molecule has 0 aliphatic rings. The molecule has 0 N–H and O–H groups in total. The smallest absolute Gasteiger partial charge is 0.244 e. The van der Waals surface area contributed by atoms with Gasteiger partial charge in [-0.3, -0.25) is 4.98 Å². The highest BCUT2D eigenvalue weighted by Gasteiger charge is 2.24. The van der Waals surface area contributed by atoms with Gasteiger partial charge < -0.3 is 4.57 Å². The van der Waals surface area contributed by atoms with Gasteiger partial charge in [-0.25, -0.2) is 22.7 Å². The Labute approximate surface area is 134 Å². The van der Waals surface area contributed by atoms with Crippen molar-refractivity contribution in [2.24, 2.45) is 7.05 Å². The van der Waals surface area contributed by atoms with E-state index in [1.807, 2.05) is 20.0 Å². The first-order valence-electron chi connectivity index (χ1n) is 6.98. The van der Waals surface area contributed by atoms with Gasteiger partial charge in [0.1, 0.15) is 16.2 Å². The lowest BCUT2D eigenvalue weighted by molar-refractivity contribution is 0.520.